The zero-order chi connectivity index (χ0) is 24.1. The Morgan fingerprint density at radius 1 is 1.09 bits per heavy atom. The summed E-state index contributed by atoms with van der Waals surface area (Å²) in [6, 6.07) is 15.0. The highest BCUT2D eigenvalue weighted by molar-refractivity contribution is 5.80. The number of carbonyl (C=O) groups excluding carboxylic acids is 1. The lowest BCUT2D eigenvalue weighted by Crippen LogP contribution is -2.43. The first-order valence-electron chi connectivity index (χ1n) is 12.8. The number of likely N-dealkylation sites (N-methyl/N-ethyl adjacent to an activating group) is 1. The number of aromatic nitrogens is 2. The Morgan fingerprint density at radius 3 is 2.56 bits per heavy atom. The number of nitrogens with one attached hydrogen (secondary N) is 1. The van der Waals surface area contributed by atoms with Crippen LogP contribution in [-0.4, -0.2) is 59.6 Å². The molecular formula is C28H39N5O. The Balaban J connectivity index is 1.46. The second-order valence-electron chi connectivity index (χ2n) is 9.50. The van der Waals surface area contributed by atoms with E-state index < -0.39 is 0 Å². The number of para-hydroxylation sites is 2. The smallest absolute Gasteiger partial charge is 0.223 e. The molecule has 4 rings (SSSR count). The second-order valence-corrected chi connectivity index (χ2v) is 9.50. The number of hydrogen-bond acceptors (Lipinski definition) is 4. The van der Waals surface area contributed by atoms with Gasteiger partial charge in [0.15, 0.2) is 0 Å². The van der Waals surface area contributed by atoms with Gasteiger partial charge in [-0.05, 0) is 63.0 Å². The maximum atomic E-state index is 12.7. The first kappa shape index (κ1) is 24.3. The minimum Gasteiger partial charge on any atom is -0.355 e. The van der Waals surface area contributed by atoms with E-state index in [0.717, 1.165) is 75.6 Å². The molecule has 1 aliphatic rings. The summed E-state index contributed by atoms with van der Waals surface area (Å²) in [6.45, 7) is 14.8. The van der Waals surface area contributed by atoms with Gasteiger partial charge in [-0.1, -0.05) is 49.7 Å². The van der Waals surface area contributed by atoms with E-state index in [4.69, 9.17) is 4.98 Å². The number of imidazole rings is 1. The molecule has 1 aliphatic heterocycles. The minimum atomic E-state index is 0.0878. The Labute approximate surface area is 204 Å². The predicted molar refractivity (Wildman–Crippen MR) is 140 cm³/mol. The number of fused-ring (bicyclic) bond motifs is 1. The molecule has 2 aromatic carbocycles. The molecule has 182 valence electrons. The van der Waals surface area contributed by atoms with Crippen molar-refractivity contribution >= 4 is 22.9 Å². The normalized spacial score (nSPS) is 14.8. The molecule has 0 atom stereocenters. The van der Waals surface area contributed by atoms with Crippen LogP contribution in [0.2, 0.25) is 0 Å². The lowest BCUT2D eigenvalue weighted by Gasteiger charge is -2.32. The Hall–Kier alpha value is -2.86. The van der Waals surface area contributed by atoms with E-state index in [1.54, 1.807) is 0 Å². The molecular weight excluding hydrogens is 422 g/mol. The minimum absolute atomic E-state index is 0.0878. The predicted octanol–water partition coefficient (Wildman–Crippen LogP) is 4.38. The molecule has 2 heterocycles. The number of piperidine rings is 1. The van der Waals surface area contributed by atoms with Crippen molar-refractivity contribution in [3.63, 3.8) is 0 Å². The van der Waals surface area contributed by atoms with Gasteiger partial charge in [-0.15, -0.1) is 0 Å². The highest BCUT2D eigenvalue weighted by Crippen LogP contribution is 2.28. The third-order valence-corrected chi connectivity index (χ3v) is 7.24. The van der Waals surface area contributed by atoms with Crippen LogP contribution in [0, 0.1) is 19.8 Å². The maximum absolute atomic E-state index is 12.7. The number of aryl methyl sites for hydroxylation is 2. The standard InChI is InChI=1S/C28H39N5O/c1-5-31(6-2)18-15-29-27(34)23-13-16-32(17-14-23)28-30-25-9-7-8-10-26(25)33(28)20-24-19-21(3)11-12-22(24)4/h7-12,19,23H,5-6,13-18,20H2,1-4H3,(H,29,34). The molecule has 1 amide bonds. The van der Waals surface area contributed by atoms with Crippen LogP contribution in [0.3, 0.4) is 0 Å². The molecule has 0 spiro atoms. The molecule has 0 saturated carbocycles. The topological polar surface area (TPSA) is 53.4 Å². The molecule has 6 heteroatoms. The average molecular weight is 462 g/mol. The number of carbonyl (C=O) groups is 1. The van der Waals surface area contributed by atoms with Gasteiger partial charge in [-0.25, -0.2) is 4.98 Å². The molecule has 6 nitrogen and oxygen atoms in total. The molecule has 3 aromatic rings. The van der Waals surface area contributed by atoms with Gasteiger partial charge in [0, 0.05) is 32.1 Å². The van der Waals surface area contributed by atoms with Crippen molar-refractivity contribution in [3.8, 4) is 0 Å². The lowest BCUT2D eigenvalue weighted by molar-refractivity contribution is -0.125. The van der Waals surface area contributed by atoms with Crippen LogP contribution < -0.4 is 10.2 Å². The van der Waals surface area contributed by atoms with E-state index in [2.05, 4.69) is 89.8 Å². The fourth-order valence-corrected chi connectivity index (χ4v) is 4.96. The van der Waals surface area contributed by atoms with Gasteiger partial charge in [0.1, 0.15) is 0 Å². The van der Waals surface area contributed by atoms with Gasteiger partial charge in [-0.3, -0.25) is 4.79 Å². The Morgan fingerprint density at radius 2 is 1.82 bits per heavy atom. The van der Waals surface area contributed by atoms with Crippen LogP contribution in [0.25, 0.3) is 11.0 Å². The van der Waals surface area contributed by atoms with Crippen molar-refractivity contribution in [2.75, 3.05) is 44.2 Å². The number of nitrogens with zero attached hydrogens (tertiary/aromatic N) is 4. The van der Waals surface area contributed by atoms with Crippen molar-refractivity contribution in [1.82, 2.24) is 19.8 Å². The molecule has 0 aliphatic carbocycles. The number of hydrogen-bond donors (Lipinski definition) is 1. The van der Waals surface area contributed by atoms with Crippen molar-refractivity contribution in [3.05, 3.63) is 59.2 Å². The number of benzene rings is 2. The number of rotatable bonds is 9. The molecule has 0 bridgehead atoms. The lowest BCUT2D eigenvalue weighted by atomic mass is 9.96. The van der Waals surface area contributed by atoms with Crippen LogP contribution in [0.1, 0.15) is 43.4 Å². The van der Waals surface area contributed by atoms with Gasteiger partial charge in [0.2, 0.25) is 11.9 Å². The second kappa shape index (κ2) is 11.0. The summed E-state index contributed by atoms with van der Waals surface area (Å²) in [5.74, 6) is 1.31. The van der Waals surface area contributed by atoms with Crippen LogP contribution in [-0.2, 0) is 11.3 Å². The summed E-state index contributed by atoms with van der Waals surface area (Å²) in [5, 5.41) is 3.16. The molecule has 0 unspecified atom stereocenters. The van der Waals surface area contributed by atoms with Crippen molar-refractivity contribution in [1.29, 1.82) is 0 Å². The van der Waals surface area contributed by atoms with E-state index in [9.17, 15) is 4.79 Å². The van der Waals surface area contributed by atoms with Crippen LogP contribution in [0.15, 0.2) is 42.5 Å². The average Bonchev–Trinajstić information content (AvgIpc) is 3.22. The summed E-state index contributed by atoms with van der Waals surface area (Å²) in [5.41, 5.74) is 6.09. The number of anilines is 1. The fraction of sp³-hybridized carbons (Fsp3) is 0.500. The summed E-state index contributed by atoms with van der Waals surface area (Å²) in [6.07, 6.45) is 1.73. The quantitative estimate of drug-likeness (QED) is 0.514. The molecule has 34 heavy (non-hydrogen) atoms. The summed E-state index contributed by atoms with van der Waals surface area (Å²) < 4.78 is 2.35. The van der Waals surface area contributed by atoms with Crippen LogP contribution >= 0.6 is 0 Å². The van der Waals surface area contributed by atoms with Crippen molar-refractivity contribution in [2.24, 2.45) is 5.92 Å². The maximum Gasteiger partial charge on any atom is 0.223 e. The first-order chi connectivity index (χ1) is 16.5. The SMILES string of the molecule is CCN(CC)CCNC(=O)C1CCN(c2nc3ccccc3n2Cc2cc(C)ccc2C)CC1. The monoisotopic (exact) mass is 461 g/mol. The molecule has 1 aromatic heterocycles. The van der Waals surface area contributed by atoms with E-state index in [0.29, 0.717) is 0 Å². The van der Waals surface area contributed by atoms with Gasteiger partial charge in [-0.2, -0.15) is 0 Å². The largest absolute Gasteiger partial charge is 0.355 e. The number of amides is 1. The van der Waals surface area contributed by atoms with Crippen LogP contribution in [0.5, 0.6) is 0 Å². The van der Waals surface area contributed by atoms with E-state index in [1.807, 2.05) is 0 Å². The Bertz CT molecular complexity index is 1110. The van der Waals surface area contributed by atoms with E-state index in [-0.39, 0.29) is 11.8 Å². The zero-order valence-electron chi connectivity index (χ0n) is 21.2. The van der Waals surface area contributed by atoms with E-state index >= 15 is 0 Å². The first-order valence-corrected chi connectivity index (χ1v) is 12.8. The zero-order valence-corrected chi connectivity index (χ0v) is 21.2. The molecule has 1 fully saturated rings. The van der Waals surface area contributed by atoms with Crippen molar-refractivity contribution < 1.29 is 4.79 Å². The van der Waals surface area contributed by atoms with E-state index in [1.165, 1.54) is 16.7 Å². The van der Waals surface area contributed by atoms with Gasteiger partial charge in [0.25, 0.3) is 0 Å². The summed E-state index contributed by atoms with van der Waals surface area (Å²) in [7, 11) is 0. The third-order valence-electron chi connectivity index (χ3n) is 7.24. The summed E-state index contributed by atoms with van der Waals surface area (Å²) in [4.78, 5) is 22.5. The Kier molecular flexibility index (Phi) is 7.88. The molecule has 1 saturated heterocycles. The van der Waals surface area contributed by atoms with Crippen molar-refractivity contribution in [2.45, 2.75) is 47.1 Å². The fourth-order valence-electron chi connectivity index (χ4n) is 4.96. The third kappa shape index (κ3) is 5.44. The molecule has 1 N–H and O–H groups in total. The van der Waals surface area contributed by atoms with Gasteiger partial charge in [0.05, 0.1) is 17.6 Å². The summed E-state index contributed by atoms with van der Waals surface area (Å²) >= 11 is 0. The van der Waals surface area contributed by atoms with Crippen LogP contribution in [0.4, 0.5) is 5.95 Å². The highest BCUT2D eigenvalue weighted by atomic mass is 16.1. The molecule has 0 radical (unpaired) electrons. The van der Waals surface area contributed by atoms with Gasteiger partial charge < -0.3 is 19.7 Å². The highest BCUT2D eigenvalue weighted by Gasteiger charge is 2.27. The van der Waals surface area contributed by atoms with Gasteiger partial charge >= 0.3 is 0 Å².